The fraction of sp³-hybridized carbons (Fsp3) is 0.667. The van der Waals surface area contributed by atoms with Crippen LogP contribution in [0.2, 0.25) is 0 Å². The van der Waals surface area contributed by atoms with E-state index >= 15 is 0 Å². The van der Waals surface area contributed by atoms with Gasteiger partial charge in [0, 0.05) is 19.5 Å². The second kappa shape index (κ2) is 2.62. The maximum absolute atomic E-state index is 10.5. The standard InChI is InChI=1S/C6H10N2O/c1-2-8-4-3-6(9)7-5-8/h5H,2-4H2,1H3. The summed E-state index contributed by atoms with van der Waals surface area (Å²) in [6.45, 7) is 3.82. The average Bonchev–Trinajstić information content (AvgIpc) is 1.90. The monoisotopic (exact) mass is 126 g/mol. The first-order valence-electron chi connectivity index (χ1n) is 3.14. The molecule has 1 amide bonds. The van der Waals surface area contributed by atoms with Crippen LogP contribution in [0.5, 0.6) is 0 Å². The van der Waals surface area contributed by atoms with Gasteiger partial charge in [-0.05, 0) is 6.92 Å². The van der Waals surface area contributed by atoms with E-state index in [4.69, 9.17) is 0 Å². The Balaban J connectivity index is 2.48. The van der Waals surface area contributed by atoms with Gasteiger partial charge in [0.2, 0.25) is 5.91 Å². The van der Waals surface area contributed by atoms with Gasteiger partial charge in [-0.2, -0.15) is 0 Å². The third-order valence-corrected chi connectivity index (χ3v) is 1.38. The molecule has 0 bridgehead atoms. The third kappa shape index (κ3) is 1.52. The van der Waals surface area contributed by atoms with Gasteiger partial charge in [0.25, 0.3) is 0 Å². The van der Waals surface area contributed by atoms with Gasteiger partial charge in [0.1, 0.15) is 0 Å². The lowest BCUT2D eigenvalue weighted by Gasteiger charge is -2.18. The fourth-order valence-corrected chi connectivity index (χ4v) is 0.747. The molecule has 1 aliphatic heterocycles. The summed E-state index contributed by atoms with van der Waals surface area (Å²) in [7, 11) is 0. The van der Waals surface area contributed by atoms with Gasteiger partial charge in [-0.3, -0.25) is 4.79 Å². The molecule has 0 aromatic rings. The van der Waals surface area contributed by atoms with Crippen molar-refractivity contribution in [2.24, 2.45) is 4.99 Å². The maximum Gasteiger partial charge on any atom is 0.248 e. The Morgan fingerprint density at radius 2 is 2.67 bits per heavy atom. The first-order valence-corrected chi connectivity index (χ1v) is 3.14. The smallest absolute Gasteiger partial charge is 0.248 e. The number of hydrogen-bond acceptors (Lipinski definition) is 2. The van der Waals surface area contributed by atoms with Crippen molar-refractivity contribution in [3.63, 3.8) is 0 Å². The van der Waals surface area contributed by atoms with Crippen LogP contribution < -0.4 is 0 Å². The molecule has 0 spiro atoms. The summed E-state index contributed by atoms with van der Waals surface area (Å²) >= 11 is 0. The fourth-order valence-electron chi connectivity index (χ4n) is 0.747. The molecule has 1 aliphatic rings. The average molecular weight is 126 g/mol. The molecule has 0 N–H and O–H groups in total. The summed E-state index contributed by atoms with van der Waals surface area (Å²) in [5, 5.41) is 0. The Morgan fingerprint density at radius 3 is 3.11 bits per heavy atom. The molecule has 0 aliphatic carbocycles. The van der Waals surface area contributed by atoms with E-state index in [-0.39, 0.29) is 5.91 Å². The van der Waals surface area contributed by atoms with E-state index < -0.39 is 0 Å². The normalized spacial score (nSPS) is 18.8. The van der Waals surface area contributed by atoms with Crippen molar-refractivity contribution in [2.75, 3.05) is 13.1 Å². The Kier molecular flexibility index (Phi) is 1.82. The van der Waals surface area contributed by atoms with Crippen LogP contribution in [0.1, 0.15) is 13.3 Å². The van der Waals surface area contributed by atoms with E-state index in [0.29, 0.717) is 6.42 Å². The van der Waals surface area contributed by atoms with Crippen molar-refractivity contribution in [3.8, 4) is 0 Å². The second-order valence-electron chi connectivity index (χ2n) is 2.02. The molecule has 0 fully saturated rings. The summed E-state index contributed by atoms with van der Waals surface area (Å²) in [6, 6.07) is 0. The Morgan fingerprint density at radius 1 is 1.89 bits per heavy atom. The topological polar surface area (TPSA) is 32.7 Å². The SMILES string of the molecule is CCN1C=NC(=O)CC1. The van der Waals surface area contributed by atoms with Gasteiger partial charge in [-0.1, -0.05) is 0 Å². The lowest BCUT2D eigenvalue weighted by molar-refractivity contribution is -0.118. The molecule has 3 heteroatoms. The quantitative estimate of drug-likeness (QED) is 0.505. The highest BCUT2D eigenvalue weighted by molar-refractivity contribution is 5.86. The number of amides is 1. The van der Waals surface area contributed by atoms with Gasteiger partial charge < -0.3 is 4.90 Å². The molecule has 0 aromatic heterocycles. The van der Waals surface area contributed by atoms with Crippen LogP contribution in [-0.4, -0.2) is 30.2 Å². The Bertz CT molecular complexity index is 142. The number of nitrogens with zero attached hydrogens (tertiary/aromatic N) is 2. The lowest BCUT2D eigenvalue weighted by Crippen LogP contribution is -2.28. The number of aliphatic imine (C=N–C) groups is 1. The van der Waals surface area contributed by atoms with Crippen LogP contribution in [-0.2, 0) is 4.79 Å². The summed E-state index contributed by atoms with van der Waals surface area (Å²) in [5.74, 6) is -0.000278. The number of hydrogen-bond donors (Lipinski definition) is 0. The Labute approximate surface area is 54.4 Å². The van der Waals surface area contributed by atoms with Gasteiger partial charge in [-0.15, -0.1) is 0 Å². The highest BCUT2D eigenvalue weighted by Gasteiger charge is 2.07. The van der Waals surface area contributed by atoms with E-state index in [1.807, 2.05) is 11.8 Å². The van der Waals surface area contributed by atoms with E-state index in [9.17, 15) is 4.79 Å². The summed E-state index contributed by atoms with van der Waals surface area (Å²) < 4.78 is 0. The molecule has 3 nitrogen and oxygen atoms in total. The minimum atomic E-state index is -0.000278. The molecule has 0 atom stereocenters. The molecule has 0 radical (unpaired) electrons. The van der Waals surface area contributed by atoms with Crippen LogP contribution in [0.15, 0.2) is 4.99 Å². The van der Waals surface area contributed by atoms with Crippen LogP contribution in [0, 0.1) is 0 Å². The predicted octanol–water partition coefficient (Wildman–Crippen LogP) is 0.267. The van der Waals surface area contributed by atoms with Crippen molar-refractivity contribution in [1.82, 2.24) is 4.90 Å². The molecular weight excluding hydrogens is 116 g/mol. The van der Waals surface area contributed by atoms with Gasteiger partial charge >= 0.3 is 0 Å². The Hall–Kier alpha value is -0.860. The molecular formula is C6H10N2O. The summed E-state index contributed by atoms with van der Waals surface area (Å²) in [5.41, 5.74) is 0. The van der Waals surface area contributed by atoms with Crippen LogP contribution in [0.3, 0.4) is 0 Å². The van der Waals surface area contributed by atoms with Crippen LogP contribution >= 0.6 is 0 Å². The highest BCUT2D eigenvalue weighted by Crippen LogP contribution is 1.96. The summed E-state index contributed by atoms with van der Waals surface area (Å²) in [4.78, 5) is 16.2. The zero-order chi connectivity index (χ0) is 6.69. The van der Waals surface area contributed by atoms with E-state index in [1.54, 1.807) is 6.34 Å². The third-order valence-electron chi connectivity index (χ3n) is 1.38. The highest BCUT2D eigenvalue weighted by atomic mass is 16.1. The van der Waals surface area contributed by atoms with Crippen molar-refractivity contribution in [1.29, 1.82) is 0 Å². The molecule has 1 rings (SSSR count). The second-order valence-corrected chi connectivity index (χ2v) is 2.02. The van der Waals surface area contributed by atoms with Crippen LogP contribution in [0.25, 0.3) is 0 Å². The van der Waals surface area contributed by atoms with Gasteiger partial charge in [-0.25, -0.2) is 4.99 Å². The van der Waals surface area contributed by atoms with Crippen molar-refractivity contribution in [2.45, 2.75) is 13.3 Å². The first kappa shape index (κ1) is 6.26. The maximum atomic E-state index is 10.5. The lowest BCUT2D eigenvalue weighted by atomic mass is 10.3. The molecule has 50 valence electrons. The summed E-state index contributed by atoms with van der Waals surface area (Å²) in [6.07, 6.45) is 2.19. The number of rotatable bonds is 1. The first-order chi connectivity index (χ1) is 4.33. The van der Waals surface area contributed by atoms with E-state index in [1.165, 1.54) is 0 Å². The number of carbonyl (C=O) groups is 1. The van der Waals surface area contributed by atoms with Crippen molar-refractivity contribution in [3.05, 3.63) is 0 Å². The van der Waals surface area contributed by atoms with Crippen LogP contribution in [0.4, 0.5) is 0 Å². The van der Waals surface area contributed by atoms with Crippen molar-refractivity contribution < 1.29 is 4.79 Å². The predicted molar refractivity (Wildman–Crippen MR) is 35.4 cm³/mol. The molecule has 0 aromatic carbocycles. The minimum absolute atomic E-state index is 0.000278. The molecule has 0 saturated carbocycles. The molecule has 0 unspecified atom stereocenters. The minimum Gasteiger partial charge on any atom is -0.362 e. The van der Waals surface area contributed by atoms with E-state index in [2.05, 4.69) is 4.99 Å². The zero-order valence-electron chi connectivity index (χ0n) is 5.50. The zero-order valence-corrected chi connectivity index (χ0v) is 5.50. The molecule has 1 heterocycles. The number of carbonyl (C=O) groups excluding carboxylic acids is 1. The van der Waals surface area contributed by atoms with E-state index in [0.717, 1.165) is 13.1 Å². The molecule has 0 saturated heterocycles. The molecule has 9 heavy (non-hydrogen) atoms. The van der Waals surface area contributed by atoms with Crippen molar-refractivity contribution >= 4 is 12.2 Å². The van der Waals surface area contributed by atoms with Gasteiger partial charge in [0.05, 0.1) is 6.34 Å². The largest absolute Gasteiger partial charge is 0.362 e. The van der Waals surface area contributed by atoms with Gasteiger partial charge in [0.15, 0.2) is 0 Å².